The molecule has 0 aliphatic rings. The van der Waals surface area contributed by atoms with Crippen LogP contribution in [-0.2, 0) is 6.42 Å². The monoisotopic (exact) mass is 244 g/mol. The van der Waals surface area contributed by atoms with Crippen molar-refractivity contribution in [1.82, 2.24) is 4.98 Å². The fourth-order valence-electron chi connectivity index (χ4n) is 1.45. The van der Waals surface area contributed by atoms with Gasteiger partial charge in [-0.15, -0.1) is 0 Å². The molecule has 1 aromatic heterocycles. The highest BCUT2D eigenvalue weighted by molar-refractivity contribution is 5.79. The number of hydrogen-bond donors (Lipinski definition) is 0. The summed E-state index contributed by atoms with van der Waals surface area (Å²) < 4.78 is 0. The van der Waals surface area contributed by atoms with Gasteiger partial charge in [0.05, 0.1) is 0 Å². The average molecular weight is 244 g/mol. The molecule has 0 amide bonds. The molecular formula is C14H20N4. The van der Waals surface area contributed by atoms with E-state index in [1.165, 1.54) is 5.56 Å². The lowest BCUT2D eigenvalue weighted by molar-refractivity contribution is 0.948. The summed E-state index contributed by atoms with van der Waals surface area (Å²) in [7, 11) is 0. The molecule has 0 spiro atoms. The summed E-state index contributed by atoms with van der Waals surface area (Å²) in [4.78, 5) is 8.72. The Bertz CT molecular complexity index is 428. The van der Waals surface area contributed by atoms with Crippen LogP contribution >= 0.6 is 0 Å². The molecule has 0 atom stereocenters. The van der Waals surface area contributed by atoms with E-state index in [1.54, 1.807) is 5.01 Å². The molecule has 0 radical (unpaired) electrons. The zero-order valence-corrected chi connectivity index (χ0v) is 11.3. The molecule has 0 fully saturated rings. The summed E-state index contributed by atoms with van der Waals surface area (Å²) in [6.07, 6.45) is 6.48. The normalized spacial score (nSPS) is 10.4. The standard InChI is InChI=1S/C14H20N4/c1-5-10-18(15-4)14-7-6-13(11-17-14)8-9-16-12(2)3/h5-7,10-11H,4,8-9H2,1-3H3/b10-5-. The molecule has 0 aliphatic carbocycles. The fraction of sp³-hybridized carbons (Fsp3) is 0.357. The van der Waals surface area contributed by atoms with Gasteiger partial charge in [-0.2, -0.15) is 5.10 Å². The lowest BCUT2D eigenvalue weighted by atomic mass is 10.2. The van der Waals surface area contributed by atoms with Gasteiger partial charge >= 0.3 is 0 Å². The van der Waals surface area contributed by atoms with Crippen molar-refractivity contribution in [1.29, 1.82) is 0 Å². The highest BCUT2D eigenvalue weighted by Crippen LogP contribution is 2.12. The predicted octanol–water partition coefficient (Wildman–Crippen LogP) is 3.06. The maximum Gasteiger partial charge on any atom is 0.153 e. The molecule has 0 bridgehead atoms. The largest absolute Gasteiger partial charge is 0.294 e. The number of aliphatic imine (C=N–C) groups is 1. The first kappa shape index (κ1) is 14.1. The Morgan fingerprint density at radius 3 is 2.72 bits per heavy atom. The van der Waals surface area contributed by atoms with Crippen LogP contribution in [0.1, 0.15) is 26.3 Å². The maximum atomic E-state index is 4.36. The lowest BCUT2D eigenvalue weighted by Gasteiger charge is -2.12. The van der Waals surface area contributed by atoms with E-state index in [4.69, 9.17) is 0 Å². The van der Waals surface area contributed by atoms with Crippen molar-refractivity contribution in [2.75, 3.05) is 11.6 Å². The molecule has 1 heterocycles. The number of allylic oxidation sites excluding steroid dienone is 1. The van der Waals surface area contributed by atoms with Crippen LogP contribution in [0.2, 0.25) is 0 Å². The van der Waals surface area contributed by atoms with Gasteiger partial charge in [0, 0.05) is 31.4 Å². The van der Waals surface area contributed by atoms with Crippen LogP contribution in [0.3, 0.4) is 0 Å². The van der Waals surface area contributed by atoms with E-state index in [0.29, 0.717) is 0 Å². The van der Waals surface area contributed by atoms with Gasteiger partial charge in [0.15, 0.2) is 5.82 Å². The molecule has 0 aliphatic heterocycles. The fourth-order valence-corrected chi connectivity index (χ4v) is 1.45. The Labute approximate surface area is 109 Å². The van der Waals surface area contributed by atoms with Gasteiger partial charge in [-0.05, 0) is 38.8 Å². The van der Waals surface area contributed by atoms with E-state index in [-0.39, 0.29) is 0 Å². The van der Waals surface area contributed by atoms with E-state index in [2.05, 4.69) is 21.8 Å². The Balaban J connectivity index is 2.67. The molecule has 96 valence electrons. The Morgan fingerprint density at radius 1 is 1.44 bits per heavy atom. The van der Waals surface area contributed by atoms with Crippen molar-refractivity contribution < 1.29 is 0 Å². The first-order valence-corrected chi connectivity index (χ1v) is 5.98. The van der Waals surface area contributed by atoms with Crippen molar-refractivity contribution >= 4 is 18.2 Å². The molecule has 1 rings (SSSR count). The number of pyridine rings is 1. The molecular weight excluding hydrogens is 224 g/mol. The first-order valence-electron chi connectivity index (χ1n) is 5.98. The first-order chi connectivity index (χ1) is 8.67. The Morgan fingerprint density at radius 2 is 2.22 bits per heavy atom. The third-order valence-corrected chi connectivity index (χ3v) is 2.31. The number of nitrogens with zero attached hydrogens (tertiary/aromatic N) is 4. The van der Waals surface area contributed by atoms with Crippen LogP contribution < -0.4 is 5.01 Å². The second kappa shape index (κ2) is 7.37. The summed E-state index contributed by atoms with van der Waals surface area (Å²) in [5.41, 5.74) is 2.28. The van der Waals surface area contributed by atoms with E-state index < -0.39 is 0 Å². The summed E-state index contributed by atoms with van der Waals surface area (Å²) in [5.74, 6) is 0.766. The lowest BCUT2D eigenvalue weighted by Crippen LogP contribution is -2.08. The Kier molecular flexibility index (Phi) is 5.77. The van der Waals surface area contributed by atoms with Crippen molar-refractivity contribution in [2.24, 2.45) is 10.1 Å². The van der Waals surface area contributed by atoms with E-state index >= 15 is 0 Å². The quantitative estimate of drug-likeness (QED) is 0.570. The van der Waals surface area contributed by atoms with Crippen LogP contribution in [0.25, 0.3) is 0 Å². The minimum absolute atomic E-state index is 0.766. The highest BCUT2D eigenvalue weighted by atomic mass is 15.5. The molecule has 18 heavy (non-hydrogen) atoms. The molecule has 0 aromatic carbocycles. The van der Waals surface area contributed by atoms with Crippen molar-refractivity contribution in [3.05, 3.63) is 36.2 Å². The van der Waals surface area contributed by atoms with Gasteiger partial charge in [0.1, 0.15) is 0 Å². The topological polar surface area (TPSA) is 40.9 Å². The summed E-state index contributed by atoms with van der Waals surface area (Å²) in [5, 5.41) is 5.51. The number of hydrazone groups is 1. The zero-order chi connectivity index (χ0) is 13.4. The molecule has 0 saturated carbocycles. The van der Waals surface area contributed by atoms with E-state index in [1.807, 2.05) is 51.4 Å². The minimum Gasteiger partial charge on any atom is -0.294 e. The van der Waals surface area contributed by atoms with Crippen LogP contribution in [0, 0.1) is 0 Å². The maximum absolute atomic E-state index is 4.36. The van der Waals surface area contributed by atoms with E-state index in [0.717, 1.165) is 24.5 Å². The number of hydrogen-bond acceptors (Lipinski definition) is 4. The second-order valence-corrected chi connectivity index (χ2v) is 4.07. The third kappa shape index (κ3) is 4.49. The van der Waals surface area contributed by atoms with Crippen molar-refractivity contribution in [3.8, 4) is 0 Å². The summed E-state index contributed by atoms with van der Waals surface area (Å²) >= 11 is 0. The molecule has 4 heteroatoms. The van der Waals surface area contributed by atoms with Crippen molar-refractivity contribution in [2.45, 2.75) is 27.2 Å². The van der Waals surface area contributed by atoms with Gasteiger partial charge in [-0.1, -0.05) is 12.1 Å². The van der Waals surface area contributed by atoms with Crippen molar-refractivity contribution in [3.63, 3.8) is 0 Å². The van der Waals surface area contributed by atoms with E-state index in [9.17, 15) is 0 Å². The summed E-state index contributed by atoms with van der Waals surface area (Å²) in [6, 6.07) is 3.98. The number of rotatable bonds is 6. The molecule has 1 aromatic rings. The van der Waals surface area contributed by atoms with Gasteiger partial charge in [-0.25, -0.2) is 9.99 Å². The van der Waals surface area contributed by atoms with Crippen LogP contribution in [0.15, 0.2) is 40.7 Å². The molecule has 0 saturated heterocycles. The smallest absolute Gasteiger partial charge is 0.153 e. The number of anilines is 1. The predicted molar refractivity (Wildman–Crippen MR) is 78.4 cm³/mol. The zero-order valence-electron chi connectivity index (χ0n) is 11.3. The highest BCUT2D eigenvalue weighted by Gasteiger charge is 2.01. The average Bonchev–Trinajstić information content (AvgIpc) is 2.36. The third-order valence-electron chi connectivity index (χ3n) is 2.31. The van der Waals surface area contributed by atoms with Gasteiger partial charge in [-0.3, -0.25) is 4.99 Å². The van der Waals surface area contributed by atoms with Gasteiger partial charge in [0.25, 0.3) is 0 Å². The molecule has 0 unspecified atom stereocenters. The number of aromatic nitrogens is 1. The van der Waals surface area contributed by atoms with Gasteiger partial charge in [0.2, 0.25) is 0 Å². The minimum atomic E-state index is 0.766. The molecule has 0 N–H and O–H groups in total. The van der Waals surface area contributed by atoms with Crippen LogP contribution in [0.4, 0.5) is 5.82 Å². The molecule has 4 nitrogen and oxygen atoms in total. The Hall–Kier alpha value is -1.97. The SMILES string of the molecule is C=NN(/C=C\C)c1ccc(CCN=C(C)C)cn1. The second-order valence-electron chi connectivity index (χ2n) is 4.07. The summed E-state index contributed by atoms with van der Waals surface area (Å²) in [6.45, 7) is 10.3. The van der Waals surface area contributed by atoms with Gasteiger partial charge < -0.3 is 0 Å². The van der Waals surface area contributed by atoms with Crippen LogP contribution in [0.5, 0.6) is 0 Å². The van der Waals surface area contributed by atoms with Crippen LogP contribution in [-0.4, -0.2) is 24.0 Å².